The lowest BCUT2D eigenvalue weighted by Crippen LogP contribution is -2.39. The minimum Gasteiger partial charge on any atom is -0.469 e. The second-order valence-corrected chi connectivity index (χ2v) is 5.08. The largest absolute Gasteiger partial charge is 0.469 e. The zero-order valence-corrected chi connectivity index (χ0v) is 11.3. The normalized spacial score (nSPS) is 22.2. The third-order valence-corrected chi connectivity index (χ3v) is 3.43. The van der Waals surface area contributed by atoms with Gasteiger partial charge in [0.15, 0.2) is 0 Å². The average Bonchev–Trinajstić information content (AvgIpc) is 2.34. The van der Waals surface area contributed by atoms with Crippen LogP contribution in [0.1, 0.15) is 39.5 Å². The van der Waals surface area contributed by atoms with E-state index in [4.69, 9.17) is 0 Å². The zero-order chi connectivity index (χ0) is 12.7. The fourth-order valence-electron chi connectivity index (χ4n) is 2.31. The molecule has 0 N–H and O–H groups in total. The van der Waals surface area contributed by atoms with E-state index in [-0.39, 0.29) is 5.97 Å². The van der Waals surface area contributed by atoms with Crippen LogP contribution in [0.5, 0.6) is 0 Å². The van der Waals surface area contributed by atoms with Crippen LogP contribution >= 0.6 is 0 Å². The molecule has 1 unspecified atom stereocenters. The molecule has 3 nitrogen and oxygen atoms in total. The summed E-state index contributed by atoms with van der Waals surface area (Å²) in [5.74, 6) is 0.591. The van der Waals surface area contributed by atoms with Gasteiger partial charge in [-0.05, 0) is 45.6 Å². The van der Waals surface area contributed by atoms with Crippen LogP contribution in [0, 0.1) is 5.92 Å². The lowest BCUT2D eigenvalue weighted by molar-refractivity contribution is -0.139. The Balaban J connectivity index is 2.24. The molecule has 0 aromatic heterocycles. The molecule has 17 heavy (non-hydrogen) atoms. The molecular formula is C14H25NO2. The van der Waals surface area contributed by atoms with E-state index < -0.39 is 0 Å². The van der Waals surface area contributed by atoms with E-state index in [0.717, 1.165) is 12.3 Å². The second kappa shape index (κ2) is 7.49. The van der Waals surface area contributed by atoms with Crippen molar-refractivity contribution >= 4 is 5.97 Å². The summed E-state index contributed by atoms with van der Waals surface area (Å²) in [6.45, 7) is 6.95. The number of methoxy groups -OCH3 is 1. The molecule has 0 saturated carbocycles. The number of ether oxygens (including phenoxy) is 1. The molecule has 0 aromatic carbocycles. The molecule has 1 aliphatic heterocycles. The quantitative estimate of drug-likeness (QED) is 0.545. The molecule has 0 aliphatic carbocycles. The van der Waals surface area contributed by atoms with Crippen LogP contribution in [-0.4, -0.2) is 37.1 Å². The topological polar surface area (TPSA) is 29.5 Å². The summed E-state index contributed by atoms with van der Waals surface area (Å²) in [6.07, 6.45) is 8.16. The molecule has 1 fully saturated rings. The third kappa shape index (κ3) is 5.35. The van der Waals surface area contributed by atoms with Crippen molar-refractivity contribution in [3.63, 3.8) is 0 Å². The van der Waals surface area contributed by atoms with Crippen molar-refractivity contribution in [1.29, 1.82) is 0 Å². The summed E-state index contributed by atoms with van der Waals surface area (Å²) in [5.41, 5.74) is 0. The maximum atomic E-state index is 10.9. The monoisotopic (exact) mass is 239 g/mol. The van der Waals surface area contributed by atoms with Gasteiger partial charge in [0.2, 0.25) is 0 Å². The standard InChI is InChI=1S/C14H25NO2/c1-12(2)15-10-6-8-13(11-15)7-4-5-9-14(16)17-3/h4-5,12-13H,6-11H2,1-3H3/b5-4-. The molecule has 3 heteroatoms. The highest BCUT2D eigenvalue weighted by atomic mass is 16.5. The summed E-state index contributed by atoms with van der Waals surface area (Å²) in [6, 6.07) is 0.650. The Morgan fingerprint density at radius 1 is 1.47 bits per heavy atom. The van der Waals surface area contributed by atoms with Crippen molar-refractivity contribution in [3.05, 3.63) is 12.2 Å². The number of esters is 1. The highest BCUT2D eigenvalue weighted by Gasteiger charge is 2.20. The molecule has 1 aliphatic rings. The molecule has 0 radical (unpaired) electrons. The van der Waals surface area contributed by atoms with Crippen LogP contribution in [0.25, 0.3) is 0 Å². The number of hydrogen-bond donors (Lipinski definition) is 0. The molecule has 0 amide bonds. The van der Waals surface area contributed by atoms with Gasteiger partial charge < -0.3 is 9.64 Å². The van der Waals surface area contributed by atoms with E-state index in [1.165, 1.54) is 33.0 Å². The maximum Gasteiger partial charge on any atom is 0.309 e. The molecule has 1 rings (SSSR count). The molecule has 1 heterocycles. The van der Waals surface area contributed by atoms with Crippen LogP contribution in [0.4, 0.5) is 0 Å². The van der Waals surface area contributed by atoms with Crippen LogP contribution in [0.2, 0.25) is 0 Å². The Bertz CT molecular complexity index is 261. The van der Waals surface area contributed by atoms with Crippen LogP contribution < -0.4 is 0 Å². The Morgan fingerprint density at radius 3 is 2.88 bits per heavy atom. The minimum absolute atomic E-state index is 0.159. The fourth-order valence-corrected chi connectivity index (χ4v) is 2.31. The number of hydrogen-bond acceptors (Lipinski definition) is 3. The molecule has 1 saturated heterocycles. The molecule has 0 bridgehead atoms. The smallest absolute Gasteiger partial charge is 0.309 e. The van der Waals surface area contributed by atoms with Gasteiger partial charge in [0, 0.05) is 12.6 Å². The molecule has 98 valence electrons. The SMILES string of the molecule is COC(=O)C/C=C\CC1CCCN(C(C)C)C1. The lowest BCUT2D eigenvalue weighted by atomic mass is 9.94. The van der Waals surface area contributed by atoms with Gasteiger partial charge in [-0.3, -0.25) is 4.79 Å². The lowest BCUT2D eigenvalue weighted by Gasteiger charge is -2.35. The van der Waals surface area contributed by atoms with E-state index in [1.54, 1.807) is 0 Å². The number of allylic oxidation sites excluding steroid dienone is 1. The van der Waals surface area contributed by atoms with E-state index in [0.29, 0.717) is 12.5 Å². The second-order valence-electron chi connectivity index (χ2n) is 5.08. The van der Waals surface area contributed by atoms with Crippen molar-refractivity contribution in [2.45, 2.75) is 45.6 Å². The van der Waals surface area contributed by atoms with Gasteiger partial charge >= 0.3 is 5.97 Å². The average molecular weight is 239 g/mol. The highest BCUT2D eigenvalue weighted by Crippen LogP contribution is 2.21. The van der Waals surface area contributed by atoms with Crippen molar-refractivity contribution < 1.29 is 9.53 Å². The first-order chi connectivity index (χ1) is 8.13. The van der Waals surface area contributed by atoms with Crippen molar-refractivity contribution in [1.82, 2.24) is 4.90 Å². The van der Waals surface area contributed by atoms with Gasteiger partial charge in [0.25, 0.3) is 0 Å². The van der Waals surface area contributed by atoms with E-state index in [9.17, 15) is 4.79 Å². The number of nitrogens with zero attached hydrogens (tertiary/aromatic N) is 1. The summed E-state index contributed by atoms with van der Waals surface area (Å²) in [5, 5.41) is 0. The Hall–Kier alpha value is -0.830. The van der Waals surface area contributed by atoms with Gasteiger partial charge in [0.1, 0.15) is 0 Å². The van der Waals surface area contributed by atoms with Gasteiger partial charge in [-0.25, -0.2) is 0 Å². The molecule has 1 atom stereocenters. The van der Waals surface area contributed by atoms with Crippen molar-refractivity contribution in [2.75, 3.05) is 20.2 Å². The summed E-state index contributed by atoms with van der Waals surface area (Å²) in [7, 11) is 1.43. The highest BCUT2D eigenvalue weighted by molar-refractivity contribution is 5.70. The number of likely N-dealkylation sites (tertiary alicyclic amines) is 1. The van der Waals surface area contributed by atoms with Gasteiger partial charge in [-0.2, -0.15) is 0 Å². The summed E-state index contributed by atoms with van der Waals surface area (Å²) in [4.78, 5) is 13.5. The van der Waals surface area contributed by atoms with Gasteiger partial charge in [-0.15, -0.1) is 0 Å². The first-order valence-electron chi connectivity index (χ1n) is 6.59. The van der Waals surface area contributed by atoms with Crippen LogP contribution in [0.3, 0.4) is 0 Å². The Kier molecular flexibility index (Phi) is 6.27. The van der Waals surface area contributed by atoms with E-state index >= 15 is 0 Å². The predicted octanol–water partition coefficient (Wildman–Crippen LogP) is 2.62. The van der Waals surface area contributed by atoms with E-state index in [1.807, 2.05) is 6.08 Å². The Labute approximate surface area is 105 Å². The predicted molar refractivity (Wildman–Crippen MR) is 69.8 cm³/mol. The number of carbonyl (C=O) groups is 1. The zero-order valence-electron chi connectivity index (χ0n) is 11.3. The molecule has 0 aromatic rings. The fraction of sp³-hybridized carbons (Fsp3) is 0.786. The minimum atomic E-state index is -0.159. The number of rotatable bonds is 5. The number of carbonyl (C=O) groups excluding carboxylic acids is 1. The van der Waals surface area contributed by atoms with E-state index in [2.05, 4.69) is 29.6 Å². The van der Waals surface area contributed by atoms with Crippen molar-refractivity contribution in [2.24, 2.45) is 5.92 Å². The first kappa shape index (κ1) is 14.2. The first-order valence-corrected chi connectivity index (χ1v) is 6.59. The van der Waals surface area contributed by atoms with Gasteiger partial charge in [-0.1, -0.05) is 12.2 Å². The number of piperidine rings is 1. The summed E-state index contributed by atoms with van der Waals surface area (Å²) >= 11 is 0. The third-order valence-electron chi connectivity index (χ3n) is 3.43. The summed E-state index contributed by atoms with van der Waals surface area (Å²) < 4.78 is 4.59. The Morgan fingerprint density at radius 2 is 2.24 bits per heavy atom. The molecular weight excluding hydrogens is 214 g/mol. The van der Waals surface area contributed by atoms with Crippen molar-refractivity contribution in [3.8, 4) is 0 Å². The van der Waals surface area contributed by atoms with Crippen LogP contribution in [-0.2, 0) is 9.53 Å². The van der Waals surface area contributed by atoms with Gasteiger partial charge in [0.05, 0.1) is 13.5 Å². The maximum absolute atomic E-state index is 10.9. The van der Waals surface area contributed by atoms with Crippen LogP contribution in [0.15, 0.2) is 12.2 Å². The molecule has 0 spiro atoms.